The van der Waals surface area contributed by atoms with Crippen LogP contribution in [0.3, 0.4) is 0 Å². The first kappa shape index (κ1) is 9.28. The highest BCUT2D eigenvalue weighted by Crippen LogP contribution is 2.03. The van der Waals surface area contributed by atoms with Gasteiger partial charge in [-0.25, -0.2) is 0 Å². The van der Waals surface area contributed by atoms with Gasteiger partial charge >= 0.3 is 0 Å². The predicted molar refractivity (Wildman–Crippen MR) is 46.6 cm³/mol. The van der Waals surface area contributed by atoms with Crippen LogP contribution < -0.4 is 5.73 Å². The average Bonchev–Trinajstić information content (AvgIpc) is 1.89. The van der Waals surface area contributed by atoms with E-state index in [9.17, 15) is 0 Å². The Morgan fingerprint density at radius 2 is 1.70 bits per heavy atom. The number of allylic oxidation sites excluding steroid dienone is 3. The molecule has 2 N–H and O–H groups in total. The lowest BCUT2D eigenvalue weighted by molar-refractivity contribution is 1.13. The fourth-order valence-corrected chi connectivity index (χ4v) is 0.805. The van der Waals surface area contributed by atoms with Crippen LogP contribution in [0.15, 0.2) is 23.4 Å². The Hall–Kier alpha value is -0.720. The molecule has 0 aromatic carbocycles. The fraction of sp³-hybridized carbons (Fsp3) is 0.556. The van der Waals surface area contributed by atoms with Crippen molar-refractivity contribution in [1.82, 2.24) is 0 Å². The number of hydrogen-bond donors (Lipinski definition) is 1. The summed E-state index contributed by atoms with van der Waals surface area (Å²) in [6.45, 7) is 6.25. The van der Waals surface area contributed by atoms with E-state index >= 15 is 0 Å². The van der Waals surface area contributed by atoms with E-state index in [2.05, 4.69) is 19.9 Å². The summed E-state index contributed by atoms with van der Waals surface area (Å²) in [6.07, 6.45) is 6.26. The van der Waals surface area contributed by atoms with Gasteiger partial charge in [-0.05, 0) is 25.3 Å². The van der Waals surface area contributed by atoms with Gasteiger partial charge in [-0.2, -0.15) is 0 Å². The Morgan fingerprint density at radius 3 is 2.10 bits per heavy atom. The molecule has 58 valence electrons. The van der Waals surface area contributed by atoms with E-state index in [-0.39, 0.29) is 0 Å². The summed E-state index contributed by atoms with van der Waals surface area (Å²) < 4.78 is 0. The summed E-state index contributed by atoms with van der Waals surface area (Å²) in [5, 5.41) is 0. The third kappa shape index (κ3) is 3.33. The molecule has 0 heterocycles. The Morgan fingerprint density at radius 1 is 1.20 bits per heavy atom. The van der Waals surface area contributed by atoms with Crippen LogP contribution >= 0.6 is 0 Å². The molecule has 10 heavy (non-hydrogen) atoms. The maximum atomic E-state index is 5.71. The molecule has 0 bridgehead atoms. The summed E-state index contributed by atoms with van der Waals surface area (Å²) in [5.74, 6) is 0. The molecule has 0 saturated heterocycles. The second-order valence-corrected chi connectivity index (χ2v) is 2.36. The Labute approximate surface area is 63.6 Å². The van der Waals surface area contributed by atoms with Crippen LogP contribution in [0.25, 0.3) is 0 Å². The first-order valence-corrected chi connectivity index (χ1v) is 3.85. The maximum Gasteiger partial charge on any atom is 0.0299 e. The second kappa shape index (κ2) is 5.10. The fourth-order valence-electron chi connectivity index (χ4n) is 0.805. The van der Waals surface area contributed by atoms with Crippen molar-refractivity contribution < 1.29 is 0 Å². The van der Waals surface area contributed by atoms with E-state index in [0.717, 1.165) is 18.5 Å². The van der Waals surface area contributed by atoms with Gasteiger partial charge in [0.15, 0.2) is 0 Å². The van der Waals surface area contributed by atoms with E-state index in [1.807, 2.05) is 13.0 Å². The molecule has 0 radical (unpaired) electrons. The summed E-state index contributed by atoms with van der Waals surface area (Å²) >= 11 is 0. The van der Waals surface area contributed by atoms with E-state index in [1.165, 1.54) is 5.57 Å². The SMILES string of the molecule is CC/C=C(C)\C(N)=C/CC. The minimum atomic E-state index is 0.921. The molecule has 0 unspecified atom stereocenters. The molecular weight excluding hydrogens is 122 g/mol. The molecule has 0 aromatic heterocycles. The minimum absolute atomic E-state index is 0.921. The monoisotopic (exact) mass is 139 g/mol. The summed E-state index contributed by atoms with van der Waals surface area (Å²) in [5.41, 5.74) is 7.83. The molecular formula is C9H17N. The minimum Gasteiger partial charge on any atom is -0.399 e. The van der Waals surface area contributed by atoms with Gasteiger partial charge in [0.1, 0.15) is 0 Å². The van der Waals surface area contributed by atoms with E-state index in [1.54, 1.807) is 0 Å². The Kier molecular flexibility index (Phi) is 4.73. The summed E-state index contributed by atoms with van der Waals surface area (Å²) in [4.78, 5) is 0. The van der Waals surface area contributed by atoms with Gasteiger partial charge in [-0.1, -0.05) is 26.0 Å². The Balaban J connectivity index is 4.06. The summed E-state index contributed by atoms with van der Waals surface area (Å²) in [7, 11) is 0. The van der Waals surface area contributed by atoms with Crippen molar-refractivity contribution >= 4 is 0 Å². The molecule has 0 aliphatic heterocycles. The van der Waals surface area contributed by atoms with Gasteiger partial charge < -0.3 is 5.73 Å². The van der Waals surface area contributed by atoms with E-state index in [4.69, 9.17) is 5.73 Å². The van der Waals surface area contributed by atoms with Gasteiger partial charge in [-0.3, -0.25) is 0 Å². The first-order valence-electron chi connectivity index (χ1n) is 3.85. The van der Waals surface area contributed by atoms with Gasteiger partial charge in [0, 0.05) is 5.70 Å². The van der Waals surface area contributed by atoms with Crippen LogP contribution in [0.5, 0.6) is 0 Å². The van der Waals surface area contributed by atoms with Crippen LogP contribution in [0.2, 0.25) is 0 Å². The predicted octanol–water partition coefficient (Wildman–Crippen LogP) is 2.60. The van der Waals surface area contributed by atoms with Gasteiger partial charge in [0.25, 0.3) is 0 Å². The normalized spacial score (nSPS) is 13.9. The molecule has 0 aliphatic rings. The molecule has 0 atom stereocenters. The van der Waals surface area contributed by atoms with Crippen LogP contribution in [0, 0.1) is 0 Å². The molecule has 1 nitrogen and oxygen atoms in total. The molecule has 0 fully saturated rings. The highest BCUT2D eigenvalue weighted by Gasteiger charge is 1.89. The zero-order valence-corrected chi connectivity index (χ0v) is 7.15. The summed E-state index contributed by atoms with van der Waals surface area (Å²) in [6, 6.07) is 0. The number of nitrogens with two attached hydrogens (primary N) is 1. The van der Waals surface area contributed by atoms with Crippen LogP contribution in [-0.4, -0.2) is 0 Å². The lowest BCUT2D eigenvalue weighted by Gasteiger charge is -1.98. The molecule has 0 aliphatic carbocycles. The van der Waals surface area contributed by atoms with Gasteiger partial charge in [0.05, 0.1) is 0 Å². The van der Waals surface area contributed by atoms with Crippen LogP contribution in [-0.2, 0) is 0 Å². The van der Waals surface area contributed by atoms with Crippen molar-refractivity contribution in [1.29, 1.82) is 0 Å². The van der Waals surface area contributed by atoms with Gasteiger partial charge in [-0.15, -0.1) is 0 Å². The largest absolute Gasteiger partial charge is 0.399 e. The van der Waals surface area contributed by atoms with E-state index < -0.39 is 0 Å². The van der Waals surface area contributed by atoms with Crippen LogP contribution in [0.4, 0.5) is 0 Å². The van der Waals surface area contributed by atoms with Crippen LogP contribution in [0.1, 0.15) is 33.6 Å². The lowest BCUT2D eigenvalue weighted by atomic mass is 10.2. The smallest absolute Gasteiger partial charge is 0.0299 e. The molecule has 0 amide bonds. The van der Waals surface area contributed by atoms with E-state index in [0.29, 0.717) is 0 Å². The highest BCUT2D eigenvalue weighted by molar-refractivity contribution is 5.25. The van der Waals surface area contributed by atoms with Gasteiger partial charge in [0.2, 0.25) is 0 Å². The standard InChI is InChI=1S/C9H17N/c1-4-6-8(3)9(10)7-5-2/h6-7H,4-5,10H2,1-3H3/b8-6-,9-7+. The second-order valence-electron chi connectivity index (χ2n) is 2.36. The first-order chi connectivity index (χ1) is 4.72. The van der Waals surface area contributed by atoms with Crippen molar-refractivity contribution in [2.24, 2.45) is 5.73 Å². The Bertz CT molecular complexity index is 125. The molecule has 1 heteroatoms. The molecule has 0 saturated carbocycles. The maximum absolute atomic E-state index is 5.71. The van der Waals surface area contributed by atoms with Crippen molar-refractivity contribution in [3.05, 3.63) is 23.4 Å². The third-order valence-corrected chi connectivity index (χ3v) is 1.39. The zero-order chi connectivity index (χ0) is 7.98. The zero-order valence-electron chi connectivity index (χ0n) is 7.15. The molecule has 0 spiro atoms. The number of rotatable bonds is 3. The van der Waals surface area contributed by atoms with Crippen molar-refractivity contribution in [3.8, 4) is 0 Å². The van der Waals surface area contributed by atoms with Crippen molar-refractivity contribution in [2.75, 3.05) is 0 Å². The molecule has 0 aromatic rings. The third-order valence-electron chi connectivity index (χ3n) is 1.39. The quantitative estimate of drug-likeness (QED) is 0.597. The number of hydrogen-bond acceptors (Lipinski definition) is 1. The average molecular weight is 139 g/mol. The van der Waals surface area contributed by atoms with Crippen molar-refractivity contribution in [2.45, 2.75) is 33.6 Å². The highest BCUT2D eigenvalue weighted by atomic mass is 14.6. The van der Waals surface area contributed by atoms with Crippen molar-refractivity contribution in [3.63, 3.8) is 0 Å². The topological polar surface area (TPSA) is 26.0 Å². The molecule has 0 rings (SSSR count). The lowest BCUT2D eigenvalue weighted by Crippen LogP contribution is -1.97.